The van der Waals surface area contributed by atoms with Crippen LogP contribution in [-0.2, 0) is 6.61 Å². The number of amides is 1. The maximum Gasteiger partial charge on any atom is 0.289 e. The van der Waals surface area contributed by atoms with E-state index in [0.29, 0.717) is 18.7 Å². The lowest BCUT2D eigenvalue weighted by atomic mass is 10.2. The summed E-state index contributed by atoms with van der Waals surface area (Å²) in [6.07, 6.45) is 3.02. The Morgan fingerprint density at radius 1 is 1.26 bits per heavy atom. The molecule has 1 aromatic carbocycles. The minimum Gasteiger partial charge on any atom is -0.482 e. The smallest absolute Gasteiger partial charge is 0.289 e. The van der Waals surface area contributed by atoms with E-state index in [4.69, 9.17) is 9.15 Å². The second kappa shape index (κ2) is 6.64. The van der Waals surface area contributed by atoms with Crippen LogP contribution in [0.1, 0.15) is 29.0 Å². The molecule has 5 nitrogen and oxygen atoms in total. The van der Waals surface area contributed by atoms with E-state index in [9.17, 15) is 14.0 Å². The summed E-state index contributed by atoms with van der Waals surface area (Å²) in [4.78, 5) is 25.8. The molecular formula is C17H16FNO4. The van der Waals surface area contributed by atoms with Crippen molar-refractivity contribution in [2.45, 2.75) is 19.4 Å². The van der Waals surface area contributed by atoms with E-state index >= 15 is 0 Å². The van der Waals surface area contributed by atoms with Crippen LogP contribution in [0.4, 0.5) is 4.39 Å². The van der Waals surface area contributed by atoms with Crippen molar-refractivity contribution in [1.82, 2.24) is 4.90 Å². The number of carbonyl (C=O) groups excluding carboxylic acids is 1. The monoisotopic (exact) mass is 317 g/mol. The van der Waals surface area contributed by atoms with E-state index < -0.39 is 11.2 Å². The first-order valence-electron chi connectivity index (χ1n) is 7.43. The normalized spacial score (nSPS) is 14.0. The van der Waals surface area contributed by atoms with Crippen molar-refractivity contribution < 1.29 is 18.3 Å². The number of halogens is 1. The molecule has 3 rings (SSSR count). The van der Waals surface area contributed by atoms with E-state index in [2.05, 4.69) is 0 Å². The van der Waals surface area contributed by atoms with Gasteiger partial charge in [0.2, 0.25) is 11.2 Å². The van der Waals surface area contributed by atoms with Crippen molar-refractivity contribution in [2.75, 3.05) is 13.1 Å². The SMILES string of the molecule is O=C(c1cc(=O)c(OCc2ccccc2F)co1)N1CCCC1. The minimum absolute atomic E-state index is 0.00450. The Morgan fingerprint density at radius 3 is 2.70 bits per heavy atom. The summed E-state index contributed by atoms with van der Waals surface area (Å²) in [5, 5.41) is 0. The quantitative estimate of drug-likeness (QED) is 0.869. The van der Waals surface area contributed by atoms with Gasteiger partial charge in [-0.1, -0.05) is 18.2 Å². The molecule has 2 heterocycles. The Hall–Kier alpha value is -2.63. The van der Waals surface area contributed by atoms with E-state index in [1.807, 2.05) is 0 Å². The first-order valence-corrected chi connectivity index (χ1v) is 7.43. The summed E-state index contributed by atoms with van der Waals surface area (Å²) >= 11 is 0. The molecule has 1 aromatic heterocycles. The van der Waals surface area contributed by atoms with E-state index in [1.165, 1.54) is 6.07 Å². The molecule has 120 valence electrons. The fourth-order valence-electron chi connectivity index (χ4n) is 2.46. The van der Waals surface area contributed by atoms with Crippen LogP contribution in [0.2, 0.25) is 0 Å². The summed E-state index contributed by atoms with van der Waals surface area (Å²) in [6, 6.07) is 7.27. The highest BCUT2D eigenvalue weighted by Crippen LogP contribution is 2.15. The Balaban J connectivity index is 1.71. The number of nitrogens with zero attached hydrogens (tertiary/aromatic N) is 1. The van der Waals surface area contributed by atoms with Crippen molar-refractivity contribution in [1.29, 1.82) is 0 Å². The van der Waals surface area contributed by atoms with Gasteiger partial charge in [-0.05, 0) is 18.9 Å². The van der Waals surface area contributed by atoms with Crippen molar-refractivity contribution in [3.63, 3.8) is 0 Å². The van der Waals surface area contributed by atoms with Gasteiger partial charge < -0.3 is 14.1 Å². The molecule has 1 saturated heterocycles. The van der Waals surface area contributed by atoms with Crippen molar-refractivity contribution in [2.24, 2.45) is 0 Å². The summed E-state index contributed by atoms with van der Waals surface area (Å²) in [6.45, 7) is 1.26. The standard InChI is InChI=1S/C17H16FNO4/c18-13-6-2-1-5-12(13)10-22-16-11-23-15(9-14(16)20)17(21)19-7-3-4-8-19/h1-2,5-6,9,11H,3-4,7-8,10H2. The Labute approximate surface area is 132 Å². The topological polar surface area (TPSA) is 59.8 Å². The van der Waals surface area contributed by atoms with Gasteiger partial charge in [-0.15, -0.1) is 0 Å². The predicted octanol–water partition coefficient (Wildman–Crippen LogP) is 2.59. The van der Waals surface area contributed by atoms with Gasteiger partial charge in [-0.3, -0.25) is 9.59 Å². The summed E-state index contributed by atoms with van der Waals surface area (Å²) < 4.78 is 24.0. The molecule has 0 aliphatic carbocycles. The van der Waals surface area contributed by atoms with Crippen LogP contribution >= 0.6 is 0 Å². The second-order valence-electron chi connectivity index (χ2n) is 5.35. The van der Waals surface area contributed by atoms with Gasteiger partial charge in [0.25, 0.3) is 5.91 Å². The third-order valence-electron chi connectivity index (χ3n) is 3.74. The van der Waals surface area contributed by atoms with Crippen molar-refractivity contribution >= 4 is 5.91 Å². The maximum absolute atomic E-state index is 13.5. The lowest BCUT2D eigenvalue weighted by Gasteiger charge is -2.14. The van der Waals surface area contributed by atoms with E-state index in [-0.39, 0.29) is 24.0 Å². The zero-order chi connectivity index (χ0) is 16.2. The first kappa shape index (κ1) is 15.3. The largest absolute Gasteiger partial charge is 0.482 e. The molecule has 1 aliphatic heterocycles. The number of carbonyl (C=O) groups is 1. The molecule has 0 N–H and O–H groups in total. The van der Waals surface area contributed by atoms with Gasteiger partial charge in [0.15, 0.2) is 5.76 Å². The Morgan fingerprint density at radius 2 is 2.00 bits per heavy atom. The number of hydrogen-bond acceptors (Lipinski definition) is 4. The first-order chi connectivity index (χ1) is 11.1. The molecule has 0 radical (unpaired) electrons. The molecule has 0 atom stereocenters. The lowest BCUT2D eigenvalue weighted by molar-refractivity contribution is 0.0757. The molecule has 0 bridgehead atoms. The highest BCUT2D eigenvalue weighted by Gasteiger charge is 2.22. The van der Waals surface area contributed by atoms with Crippen LogP contribution in [0.5, 0.6) is 5.75 Å². The van der Waals surface area contributed by atoms with Crippen LogP contribution < -0.4 is 10.2 Å². The number of likely N-dealkylation sites (tertiary alicyclic amines) is 1. The maximum atomic E-state index is 13.5. The predicted molar refractivity (Wildman–Crippen MR) is 80.8 cm³/mol. The Kier molecular flexibility index (Phi) is 4.41. The summed E-state index contributed by atoms with van der Waals surface area (Å²) in [5.74, 6) is -0.751. The molecule has 1 fully saturated rings. The molecule has 23 heavy (non-hydrogen) atoms. The van der Waals surface area contributed by atoms with Crippen LogP contribution in [-0.4, -0.2) is 23.9 Å². The summed E-state index contributed by atoms with van der Waals surface area (Å²) in [7, 11) is 0. The minimum atomic E-state index is -0.463. The number of ether oxygens (including phenoxy) is 1. The molecule has 6 heteroatoms. The van der Waals surface area contributed by atoms with E-state index in [1.54, 1.807) is 23.1 Å². The van der Waals surface area contributed by atoms with Crippen molar-refractivity contribution in [3.05, 3.63) is 64.0 Å². The van der Waals surface area contributed by atoms with Crippen molar-refractivity contribution in [3.8, 4) is 5.75 Å². The van der Waals surface area contributed by atoms with Gasteiger partial charge in [0.05, 0.1) is 0 Å². The average molecular weight is 317 g/mol. The van der Waals surface area contributed by atoms with Crippen LogP contribution in [0.15, 0.2) is 45.8 Å². The highest BCUT2D eigenvalue weighted by molar-refractivity contribution is 5.91. The number of rotatable bonds is 4. The lowest BCUT2D eigenvalue weighted by Crippen LogP contribution is -2.28. The third kappa shape index (κ3) is 3.41. The Bertz CT molecular complexity index is 765. The summed E-state index contributed by atoms with van der Waals surface area (Å²) in [5.41, 5.74) is -0.126. The molecule has 0 saturated carbocycles. The highest BCUT2D eigenvalue weighted by atomic mass is 19.1. The zero-order valence-electron chi connectivity index (χ0n) is 12.5. The van der Waals surface area contributed by atoms with E-state index in [0.717, 1.165) is 25.2 Å². The molecule has 1 amide bonds. The molecule has 2 aromatic rings. The van der Waals surface area contributed by atoms with Gasteiger partial charge in [-0.25, -0.2) is 4.39 Å². The molecular weight excluding hydrogens is 301 g/mol. The fraction of sp³-hybridized carbons (Fsp3) is 0.294. The second-order valence-corrected chi connectivity index (χ2v) is 5.35. The molecule has 0 spiro atoms. The number of hydrogen-bond donors (Lipinski definition) is 0. The molecule has 1 aliphatic rings. The average Bonchev–Trinajstić information content (AvgIpc) is 3.09. The third-order valence-corrected chi connectivity index (χ3v) is 3.74. The van der Waals surface area contributed by atoms with Gasteiger partial charge >= 0.3 is 0 Å². The van der Waals surface area contributed by atoms with Gasteiger partial charge in [-0.2, -0.15) is 0 Å². The fourth-order valence-corrected chi connectivity index (χ4v) is 2.46. The van der Waals surface area contributed by atoms with Crippen LogP contribution in [0, 0.1) is 5.82 Å². The zero-order valence-corrected chi connectivity index (χ0v) is 12.5. The number of benzene rings is 1. The van der Waals surface area contributed by atoms with Gasteiger partial charge in [0.1, 0.15) is 18.7 Å². The van der Waals surface area contributed by atoms with Crippen LogP contribution in [0.3, 0.4) is 0 Å². The van der Waals surface area contributed by atoms with Crippen LogP contribution in [0.25, 0.3) is 0 Å². The molecule has 0 unspecified atom stereocenters. The van der Waals surface area contributed by atoms with Gasteiger partial charge in [0, 0.05) is 24.7 Å².